The second kappa shape index (κ2) is 8.35. The largest absolute Gasteiger partial charge is 0.365 e. The molecular formula is C24H25F3N4O2. The van der Waals surface area contributed by atoms with Crippen LogP contribution >= 0.6 is 0 Å². The molecule has 33 heavy (non-hydrogen) atoms. The van der Waals surface area contributed by atoms with Gasteiger partial charge >= 0.3 is 0 Å². The Hall–Kier alpha value is -3.10. The first-order valence-corrected chi connectivity index (χ1v) is 11.3. The molecule has 1 amide bonds. The zero-order valence-electron chi connectivity index (χ0n) is 18.0. The number of amides is 1. The van der Waals surface area contributed by atoms with E-state index in [1.165, 1.54) is 18.3 Å². The Balaban J connectivity index is 1.39. The number of aromatic nitrogens is 2. The zero-order valence-corrected chi connectivity index (χ0v) is 18.0. The van der Waals surface area contributed by atoms with Gasteiger partial charge in [0, 0.05) is 54.9 Å². The molecule has 9 heteroatoms. The van der Waals surface area contributed by atoms with Crippen molar-refractivity contribution in [2.24, 2.45) is 5.92 Å². The van der Waals surface area contributed by atoms with Gasteiger partial charge in [-0.05, 0) is 49.9 Å². The van der Waals surface area contributed by atoms with E-state index in [0.717, 1.165) is 12.8 Å². The number of piperidine rings is 1. The van der Waals surface area contributed by atoms with Crippen molar-refractivity contribution in [3.63, 3.8) is 0 Å². The lowest BCUT2D eigenvalue weighted by atomic mass is 9.85. The lowest BCUT2D eigenvalue weighted by Crippen LogP contribution is -2.48. The van der Waals surface area contributed by atoms with Crippen molar-refractivity contribution >= 4 is 33.4 Å². The maximum absolute atomic E-state index is 14.0. The summed E-state index contributed by atoms with van der Waals surface area (Å²) in [4.78, 5) is 34.4. The molecule has 2 fully saturated rings. The molecule has 1 aromatic carbocycles. The molecule has 174 valence electrons. The van der Waals surface area contributed by atoms with E-state index in [0.29, 0.717) is 40.6 Å². The van der Waals surface area contributed by atoms with E-state index >= 15 is 0 Å². The van der Waals surface area contributed by atoms with Crippen LogP contribution in [0.5, 0.6) is 0 Å². The fourth-order valence-electron chi connectivity index (χ4n) is 5.08. The van der Waals surface area contributed by atoms with Crippen LogP contribution in [0.3, 0.4) is 0 Å². The summed E-state index contributed by atoms with van der Waals surface area (Å²) in [7, 11) is 0. The minimum absolute atomic E-state index is 0.0538. The van der Waals surface area contributed by atoms with Gasteiger partial charge in [-0.25, -0.2) is 18.2 Å². The molecule has 1 aliphatic carbocycles. The molecule has 1 saturated heterocycles. The topological polar surface area (TPSA) is 78.1 Å². The monoisotopic (exact) mass is 458 g/mol. The third-order valence-corrected chi connectivity index (χ3v) is 6.82. The van der Waals surface area contributed by atoms with Gasteiger partial charge in [-0.3, -0.25) is 9.59 Å². The molecular weight excluding hydrogens is 433 g/mol. The molecule has 1 aliphatic heterocycles. The number of likely N-dealkylation sites (tertiary alicyclic amines) is 1. The molecule has 1 saturated carbocycles. The van der Waals surface area contributed by atoms with Crippen LogP contribution in [0.1, 0.15) is 38.5 Å². The number of hydrogen-bond acceptors (Lipinski definition) is 4. The lowest BCUT2D eigenvalue weighted by molar-refractivity contribution is -0.140. The highest BCUT2D eigenvalue weighted by Crippen LogP contribution is 2.37. The number of anilines is 1. The molecule has 0 radical (unpaired) electrons. The van der Waals surface area contributed by atoms with Crippen molar-refractivity contribution < 1.29 is 18.0 Å². The Morgan fingerprint density at radius 1 is 1.15 bits per heavy atom. The van der Waals surface area contributed by atoms with Crippen LogP contribution in [0.15, 0.2) is 35.3 Å². The number of nitrogens with zero attached hydrogens (tertiary/aromatic N) is 2. The van der Waals surface area contributed by atoms with Crippen LogP contribution in [0.25, 0.3) is 21.7 Å². The summed E-state index contributed by atoms with van der Waals surface area (Å²) in [5.74, 6) is -2.98. The minimum atomic E-state index is -2.66. The molecule has 6 nitrogen and oxygen atoms in total. The quantitative estimate of drug-likeness (QED) is 0.569. The normalized spacial score (nSPS) is 21.4. The van der Waals surface area contributed by atoms with Gasteiger partial charge in [0.15, 0.2) is 0 Å². The number of pyridine rings is 2. The van der Waals surface area contributed by atoms with Crippen molar-refractivity contribution in [1.29, 1.82) is 0 Å². The highest BCUT2D eigenvalue weighted by atomic mass is 19.3. The summed E-state index contributed by atoms with van der Waals surface area (Å²) in [5, 5.41) is 4.81. The first-order valence-electron chi connectivity index (χ1n) is 11.3. The number of halogens is 3. The SMILES string of the molecule is O=C(C1CCC(F)(F)CC1)N1CCC[C@@H](Nc2nc3cc[nH]c(=O)c3c3cc(F)ccc23)C1. The maximum atomic E-state index is 14.0. The highest BCUT2D eigenvalue weighted by molar-refractivity contribution is 6.09. The fraction of sp³-hybridized carbons (Fsp3) is 0.458. The van der Waals surface area contributed by atoms with Gasteiger partial charge in [0.1, 0.15) is 11.6 Å². The molecule has 2 aliphatic rings. The summed E-state index contributed by atoms with van der Waals surface area (Å²) in [6.07, 6.45) is 3.07. The third kappa shape index (κ3) is 4.28. The summed E-state index contributed by atoms with van der Waals surface area (Å²) in [6, 6.07) is 5.83. The zero-order chi connectivity index (χ0) is 23.2. The van der Waals surface area contributed by atoms with Gasteiger partial charge in [0.2, 0.25) is 11.8 Å². The Bertz CT molecular complexity index is 1270. The van der Waals surface area contributed by atoms with Gasteiger partial charge in [0.05, 0.1) is 10.9 Å². The standard InChI is InChI=1S/C24H25F3N4O2/c25-15-3-4-17-18(12-15)20-19(7-10-28-22(20)32)30-21(17)29-16-2-1-11-31(13-16)23(33)14-5-8-24(26,27)9-6-14/h3-4,7,10,12,14,16H,1-2,5-6,8-9,11,13H2,(H,28,32)(H,29,30)/t16-/m1/s1. The van der Waals surface area contributed by atoms with Gasteiger partial charge in [0.25, 0.3) is 5.56 Å². The summed E-state index contributed by atoms with van der Waals surface area (Å²) in [5.41, 5.74) is 0.112. The maximum Gasteiger partial charge on any atom is 0.258 e. The average molecular weight is 458 g/mol. The van der Waals surface area contributed by atoms with Crippen molar-refractivity contribution in [2.75, 3.05) is 18.4 Å². The van der Waals surface area contributed by atoms with Crippen molar-refractivity contribution in [3.05, 3.63) is 46.6 Å². The number of rotatable bonds is 3. The molecule has 1 atom stereocenters. The van der Waals surface area contributed by atoms with E-state index in [1.54, 1.807) is 17.0 Å². The number of benzene rings is 1. The van der Waals surface area contributed by atoms with E-state index in [4.69, 9.17) is 0 Å². The first kappa shape index (κ1) is 21.7. The Morgan fingerprint density at radius 2 is 1.94 bits per heavy atom. The molecule has 0 bridgehead atoms. The molecule has 3 heterocycles. The smallest absolute Gasteiger partial charge is 0.258 e. The van der Waals surface area contributed by atoms with E-state index in [9.17, 15) is 22.8 Å². The second-order valence-corrected chi connectivity index (χ2v) is 9.12. The Labute approximate surface area is 188 Å². The molecule has 2 aromatic heterocycles. The summed E-state index contributed by atoms with van der Waals surface area (Å²) < 4.78 is 41.0. The number of fused-ring (bicyclic) bond motifs is 3. The van der Waals surface area contributed by atoms with Gasteiger partial charge in [-0.1, -0.05) is 0 Å². The van der Waals surface area contributed by atoms with Crippen molar-refractivity contribution in [3.8, 4) is 0 Å². The van der Waals surface area contributed by atoms with Crippen LogP contribution in [-0.4, -0.2) is 45.8 Å². The summed E-state index contributed by atoms with van der Waals surface area (Å²) >= 11 is 0. The molecule has 5 rings (SSSR count). The number of alkyl halides is 2. The predicted octanol–water partition coefficient (Wildman–Crippen LogP) is 4.44. The van der Waals surface area contributed by atoms with Crippen molar-refractivity contribution in [1.82, 2.24) is 14.9 Å². The van der Waals surface area contributed by atoms with Crippen LogP contribution in [0.2, 0.25) is 0 Å². The van der Waals surface area contributed by atoms with Crippen LogP contribution in [-0.2, 0) is 4.79 Å². The minimum Gasteiger partial charge on any atom is -0.365 e. The number of nitrogens with one attached hydrogen (secondary N) is 2. The van der Waals surface area contributed by atoms with E-state index in [-0.39, 0.29) is 49.1 Å². The second-order valence-electron chi connectivity index (χ2n) is 9.12. The molecule has 2 N–H and O–H groups in total. The number of H-pyrrole nitrogens is 1. The van der Waals surface area contributed by atoms with Crippen LogP contribution in [0, 0.1) is 11.7 Å². The van der Waals surface area contributed by atoms with Crippen LogP contribution in [0.4, 0.5) is 19.0 Å². The van der Waals surface area contributed by atoms with E-state index in [2.05, 4.69) is 15.3 Å². The first-order chi connectivity index (χ1) is 15.8. The van der Waals surface area contributed by atoms with Gasteiger partial charge < -0.3 is 15.2 Å². The fourth-order valence-corrected chi connectivity index (χ4v) is 5.08. The van der Waals surface area contributed by atoms with E-state index in [1.807, 2.05) is 0 Å². The van der Waals surface area contributed by atoms with Crippen molar-refractivity contribution in [2.45, 2.75) is 50.5 Å². The lowest BCUT2D eigenvalue weighted by Gasteiger charge is -2.37. The highest BCUT2D eigenvalue weighted by Gasteiger charge is 2.39. The van der Waals surface area contributed by atoms with Gasteiger partial charge in [-0.2, -0.15) is 0 Å². The third-order valence-electron chi connectivity index (χ3n) is 6.82. The average Bonchev–Trinajstić information content (AvgIpc) is 2.78. The number of aromatic amines is 1. The summed E-state index contributed by atoms with van der Waals surface area (Å²) in [6.45, 7) is 1.06. The van der Waals surface area contributed by atoms with E-state index < -0.39 is 11.7 Å². The number of hydrogen-bond donors (Lipinski definition) is 2. The molecule has 0 unspecified atom stereocenters. The molecule has 3 aromatic rings. The van der Waals surface area contributed by atoms with Gasteiger partial charge in [-0.15, -0.1) is 0 Å². The Kier molecular flexibility index (Phi) is 5.50. The molecule has 0 spiro atoms. The van der Waals surface area contributed by atoms with Crippen LogP contribution < -0.4 is 10.9 Å². The Morgan fingerprint density at radius 3 is 2.73 bits per heavy atom. The number of carbonyl (C=O) groups excluding carboxylic acids is 1. The predicted molar refractivity (Wildman–Crippen MR) is 120 cm³/mol. The number of carbonyl (C=O) groups is 1.